The highest BCUT2D eigenvalue weighted by atomic mass is 32.1. The van der Waals surface area contributed by atoms with Crippen molar-refractivity contribution < 1.29 is 19.4 Å². The van der Waals surface area contributed by atoms with Crippen LogP contribution < -0.4 is 5.32 Å². The summed E-state index contributed by atoms with van der Waals surface area (Å²) >= 11 is 1.52. The molecule has 1 aliphatic heterocycles. The van der Waals surface area contributed by atoms with Gasteiger partial charge in [-0.2, -0.15) is 11.3 Å². The number of aliphatic carboxylic acids is 1. The van der Waals surface area contributed by atoms with E-state index in [1.165, 1.54) is 11.3 Å². The maximum absolute atomic E-state index is 11.9. The Morgan fingerprint density at radius 2 is 2.42 bits per heavy atom. The van der Waals surface area contributed by atoms with E-state index in [0.29, 0.717) is 13.2 Å². The van der Waals surface area contributed by atoms with Crippen molar-refractivity contribution in [2.75, 3.05) is 13.2 Å². The molecule has 0 saturated carbocycles. The van der Waals surface area contributed by atoms with Gasteiger partial charge in [0, 0.05) is 12.5 Å². The van der Waals surface area contributed by atoms with E-state index in [2.05, 4.69) is 5.32 Å². The van der Waals surface area contributed by atoms with Crippen LogP contribution in [0, 0.1) is 5.92 Å². The van der Waals surface area contributed by atoms with Crippen molar-refractivity contribution in [1.82, 2.24) is 5.32 Å². The Labute approximate surface area is 115 Å². The van der Waals surface area contributed by atoms with Gasteiger partial charge in [-0.15, -0.1) is 0 Å². The first-order valence-electron chi connectivity index (χ1n) is 6.28. The molecule has 19 heavy (non-hydrogen) atoms. The van der Waals surface area contributed by atoms with Crippen molar-refractivity contribution >= 4 is 23.2 Å². The van der Waals surface area contributed by atoms with Gasteiger partial charge in [-0.05, 0) is 35.2 Å². The van der Waals surface area contributed by atoms with Crippen molar-refractivity contribution in [1.29, 1.82) is 0 Å². The number of carboxylic acids is 1. The van der Waals surface area contributed by atoms with Crippen molar-refractivity contribution in [2.45, 2.75) is 25.3 Å². The van der Waals surface area contributed by atoms with Crippen molar-refractivity contribution in [3.05, 3.63) is 22.4 Å². The smallest absolute Gasteiger partial charge is 0.326 e. The molecule has 0 radical (unpaired) electrons. The fourth-order valence-corrected chi connectivity index (χ4v) is 2.88. The molecule has 2 unspecified atom stereocenters. The average Bonchev–Trinajstić information content (AvgIpc) is 2.89. The van der Waals surface area contributed by atoms with Crippen LogP contribution in [-0.2, 0) is 20.7 Å². The predicted molar refractivity (Wildman–Crippen MR) is 71.1 cm³/mol. The number of thiophene rings is 1. The minimum absolute atomic E-state index is 0.141. The maximum atomic E-state index is 11.9. The van der Waals surface area contributed by atoms with Crippen molar-refractivity contribution in [3.63, 3.8) is 0 Å². The third-order valence-corrected chi connectivity index (χ3v) is 3.93. The number of carbonyl (C=O) groups excluding carboxylic acids is 1. The quantitative estimate of drug-likeness (QED) is 0.853. The highest BCUT2D eigenvalue weighted by Crippen LogP contribution is 2.18. The molecular formula is C13H17NO4S. The summed E-state index contributed by atoms with van der Waals surface area (Å²) in [6.07, 6.45) is 1.84. The maximum Gasteiger partial charge on any atom is 0.326 e. The number of nitrogens with one attached hydrogen (secondary N) is 1. The molecule has 1 aromatic heterocycles. The molecule has 0 aromatic carbocycles. The van der Waals surface area contributed by atoms with Crippen LogP contribution in [0.25, 0.3) is 0 Å². The second-order valence-electron chi connectivity index (χ2n) is 4.67. The van der Waals surface area contributed by atoms with Gasteiger partial charge >= 0.3 is 5.97 Å². The summed E-state index contributed by atoms with van der Waals surface area (Å²) in [6.45, 7) is 1.07. The summed E-state index contributed by atoms with van der Waals surface area (Å²) in [4.78, 5) is 23.1. The van der Waals surface area contributed by atoms with Gasteiger partial charge in [0.05, 0.1) is 13.0 Å². The summed E-state index contributed by atoms with van der Waals surface area (Å²) < 4.78 is 5.29. The molecule has 0 aliphatic carbocycles. The SMILES string of the molecule is O=C(Cc1ccsc1)NC(C(=O)O)C1CCCOC1. The number of ether oxygens (including phenoxy) is 1. The highest BCUT2D eigenvalue weighted by molar-refractivity contribution is 7.07. The first-order chi connectivity index (χ1) is 9.16. The van der Waals surface area contributed by atoms with Gasteiger partial charge in [0.25, 0.3) is 0 Å². The Bertz CT molecular complexity index is 426. The summed E-state index contributed by atoms with van der Waals surface area (Å²) in [5, 5.41) is 15.6. The Kier molecular flexibility index (Phi) is 4.93. The van der Waals surface area contributed by atoms with Crippen LogP contribution >= 0.6 is 11.3 Å². The lowest BCUT2D eigenvalue weighted by atomic mass is 9.93. The summed E-state index contributed by atoms with van der Waals surface area (Å²) in [7, 11) is 0. The van der Waals surface area contributed by atoms with Crippen molar-refractivity contribution in [2.24, 2.45) is 5.92 Å². The molecule has 2 rings (SSSR count). The monoisotopic (exact) mass is 283 g/mol. The van der Waals surface area contributed by atoms with E-state index >= 15 is 0 Å². The van der Waals surface area contributed by atoms with Gasteiger partial charge in [0.1, 0.15) is 6.04 Å². The predicted octanol–water partition coefficient (Wildman–Crippen LogP) is 1.29. The van der Waals surface area contributed by atoms with E-state index in [-0.39, 0.29) is 18.2 Å². The molecule has 2 heterocycles. The van der Waals surface area contributed by atoms with Gasteiger partial charge in [-0.1, -0.05) is 0 Å². The normalized spacial score (nSPS) is 20.7. The van der Waals surface area contributed by atoms with E-state index in [1.54, 1.807) is 0 Å². The molecule has 1 saturated heterocycles. The fraction of sp³-hybridized carbons (Fsp3) is 0.538. The standard InChI is InChI=1S/C13H17NO4S/c15-11(6-9-3-5-19-8-9)14-12(13(16)17)10-2-1-4-18-7-10/h3,5,8,10,12H,1-2,4,6-7H2,(H,14,15)(H,16,17). The van der Waals surface area contributed by atoms with Crippen LogP contribution in [0.4, 0.5) is 0 Å². The molecule has 0 bridgehead atoms. The number of hydrogen-bond acceptors (Lipinski definition) is 4. The Morgan fingerprint density at radius 1 is 1.58 bits per heavy atom. The van der Waals surface area contributed by atoms with Crippen LogP contribution in [0.15, 0.2) is 16.8 Å². The fourth-order valence-electron chi connectivity index (χ4n) is 2.21. The number of rotatable bonds is 5. The highest BCUT2D eigenvalue weighted by Gasteiger charge is 2.31. The minimum Gasteiger partial charge on any atom is -0.480 e. The molecule has 2 N–H and O–H groups in total. The molecule has 5 nitrogen and oxygen atoms in total. The second-order valence-corrected chi connectivity index (χ2v) is 5.45. The third kappa shape index (κ3) is 4.04. The molecule has 1 fully saturated rings. The van der Waals surface area contributed by atoms with E-state index in [1.807, 2.05) is 16.8 Å². The Hall–Kier alpha value is -1.40. The van der Waals surface area contributed by atoms with Crippen molar-refractivity contribution in [3.8, 4) is 0 Å². The van der Waals surface area contributed by atoms with Gasteiger partial charge in [-0.25, -0.2) is 4.79 Å². The number of amides is 1. The van der Waals surface area contributed by atoms with Crippen LogP contribution in [-0.4, -0.2) is 36.2 Å². The van der Waals surface area contributed by atoms with Crippen LogP contribution in [0.3, 0.4) is 0 Å². The molecule has 2 atom stereocenters. The van der Waals surface area contributed by atoms with E-state index in [9.17, 15) is 14.7 Å². The molecule has 6 heteroatoms. The molecule has 1 amide bonds. The van der Waals surface area contributed by atoms with Gasteiger partial charge in [-0.3, -0.25) is 4.79 Å². The summed E-state index contributed by atoms with van der Waals surface area (Å²) in [6, 6.07) is 1.01. The topological polar surface area (TPSA) is 75.6 Å². The first-order valence-corrected chi connectivity index (χ1v) is 7.22. The first kappa shape index (κ1) is 14.0. The Balaban J connectivity index is 1.92. The van der Waals surface area contributed by atoms with Crippen LogP contribution in [0.2, 0.25) is 0 Å². The molecule has 104 valence electrons. The Morgan fingerprint density at radius 3 is 3.00 bits per heavy atom. The molecule has 1 aromatic rings. The average molecular weight is 283 g/mol. The van der Waals surface area contributed by atoms with E-state index < -0.39 is 12.0 Å². The molecule has 0 spiro atoms. The number of hydrogen-bond donors (Lipinski definition) is 2. The van der Waals surface area contributed by atoms with E-state index in [0.717, 1.165) is 18.4 Å². The minimum atomic E-state index is -0.992. The van der Waals surface area contributed by atoms with Gasteiger partial charge < -0.3 is 15.2 Å². The zero-order valence-electron chi connectivity index (χ0n) is 10.5. The molecular weight excluding hydrogens is 266 g/mol. The number of carbonyl (C=O) groups is 2. The lowest BCUT2D eigenvalue weighted by molar-refractivity contribution is -0.145. The van der Waals surface area contributed by atoms with E-state index in [4.69, 9.17) is 4.74 Å². The lowest BCUT2D eigenvalue weighted by Gasteiger charge is -2.28. The second kappa shape index (κ2) is 6.68. The third-order valence-electron chi connectivity index (χ3n) is 3.19. The van der Waals surface area contributed by atoms with Crippen LogP contribution in [0.5, 0.6) is 0 Å². The van der Waals surface area contributed by atoms with Crippen LogP contribution in [0.1, 0.15) is 18.4 Å². The van der Waals surface area contributed by atoms with Gasteiger partial charge in [0.15, 0.2) is 0 Å². The lowest BCUT2D eigenvalue weighted by Crippen LogP contribution is -2.48. The van der Waals surface area contributed by atoms with Gasteiger partial charge in [0.2, 0.25) is 5.91 Å². The number of carboxylic acid groups (broad SMARTS) is 1. The zero-order valence-corrected chi connectivity index (χ0v) is 11.3. The molecule has 1 aliphatic rings. The summed E-state index contributed by atoms with van der Waals surface area (Å²) in [5.74, 6) is -1.39. The zero-order chi connectivity index (χ0) is 13.7. The largest absolute Gasteiger partial charge is 0.480 e. The summed E-state index contributed by atoms with van der Waals surface area (Å²) in [5.41, 5.74) is 0.909.